The maximum Gasteiger partial charge on any atom is 0.277 e. The standard InChI is InChI=1S/C17H13ClN4O4S/c1-9(15(23)20-14-5-3-11(18)7-19-14)27-17-22-21-16(26-17)10-2-4-12-13(6-10)25-8-24-12/h2-7,9H,8H2,1H3,(H,19,20,23)/t9-/m1/s1. The van der Waals surface area contributed by atoms with Gasteiger partial charge in [0, 0.05) is 11.8 Å². The molecule has 0 spiro atoms. The summed E-state index contributed by atoms with van der Waals surface area (Å²) < 4.78 is 16.3. The summed E-state index contributed by atoms with van der Waals surface area (Å²) in [5.74, 6) is 1.82. The van der Waals surface area contributed by atoms with Crippen molar-refractivity contribution in [1.29, 1.82) is 0 Å². The molecule has 1 amide bonds. The Labute approximate surface area is 163 Å². The highest BCUT2D eigenvalue weighted by atomic mass is 35.5. The number of nitrogens with one attached hydrogen (secondary N) is 1. The molecule has 0 aliphatic carbocycles. The first-order valence-corrected chi connectivity index (χ1v) is 9.17. The second-order valence-corrected chi connectivity index (χ2v) is 7.28. The topological polar surface area (TPSA) is 99.4 Å². The molecule has 4 rings (SSSR count). The van der Waals surface area contributed by atoms with Crippen molar-refractivity contribution in [2.45, 2.75) is 17.4 Å². The Morgan fingerprint density at radius 2 is 2.07 bits per heavy atom. The summed E-state index contributed by atoms with van der Waals surface area (Å²) in [7, 11) is 0. The van der Waals surface area contributed by atoms with E-state index in [0.717, 1.165) is 11.8 Å². The fourth-order valence-corrected chi connectivity index (χ4v) is 3.08. The number of amides is 1. The number of pyridine rings is 1. The molecule has 27 heavy (non-hydrogen) atoms. The van der Waals surface area contributed by atoms with Crippen LogP contribution >= 0.6 is 23.4 Å². The third-order valence-corrected chi connectivity index (χ3v) is 4.81. The average Bonchev–Trinajstić information content (AvgIpc) is 3.32. The van der Waals surface area contributed by atoms with E-state index in [1.165, 1.54) is 6.20 Å². The molecule has 0 saturated carbocycles. The summed E-state index contributed by atoms with van der Waals surface area (Å²) in [6.45, 7) is 1.93. The van der Waals surface area contributed by atoms with Crippen LogP contribution in [-0.4, -0.2) is 33.1 Å². The molecule has 1 atom stereocenters. The summed E-state index contributed by atoms with van der Waals surface area (Å²) in [5.41, 5.74) is 0.709. The van der Waals surface area contributed by atoms with Gasteiger partial charge in [-0.25, -0.2) is 4.98 Å². The molecule has 0 unspecified atom stereocenters. The van der Waals surface area contributed by atoms with Crippen LogP contribution in [0.15, 0.2) is 46.2 Å². The quantitative estimate of drug-likeness (QED) is 0.643. The lowest BCUT2D eigenvalue weighted by Crippen LogP contribution is -2.22. The zero-order chi connectivity index (χ0) is 18.8. The van der Waals surface area contributed by atoms with Gasteiger partial charge in [0.05, 0.1) is 10.3 Å². The van der Waals surface area contributed by atoms with E-state index in [1.807, 2.05) is 0 Å². The van der Waals surface area contributed by atoms with Crippen molar-refractivity contribution in [2.75, 3.05) is 12.1 Å². The highest BCUT2D eigenvalue weighted by molar-refractivity contribution is 8.00. The van der Waals surface area contributed by atoms with Crippen molar-refractivity contribution in [2.24, 2.45) is 0 Å². The maximum atomic E-state index is 12.3. The molecule has 3 aromatic rings. The van der Waals surface area contributed by atoms with Crippen molar-refractivity contribution in [3.05, 3.63) is 41.6 Å². The Kier molecular flexibility index (Phi) is 4.87. The van der Waals surface area contributed by atoms with Crippen LogP contribution in [0.2, 0.25) is 5.02 Å². The Hall–Kier alpha value is -2.78. The van der Waals surface area contributed by atoms with E-state index < -0.39 is 5.25 Å². The molecule has 0 saturated heterocycles. The lowest BCUT2D eigenvalue weighted by Gasteiger charge is -2.09. The lowest BCUT2D eigenvalue weighted by molar-refractivity contribution is -0.115. The molecule has 1 N–H and O–H groups in total. The van der Waals surface area contributed by atoms with E-state index in [2.05, 4.69) is 20.5 Å². The zero-order valence-electron chi connectivity index (χ0n) is 14.0. The number of nitrogens with zero attached hydrogens (tertiary/aromatic N) is 3. The van der Waals surface area contributed by atoms with Crippen LogP contribution in [0.3, 0.4) is 0 Å². The summed E-state index contributed by atoms with van der Waals surface area (Å²) >= 11 is 6.93. The molecular formula is C17H13ClN4O4S. The van der Waals surface area contributed by atoms with Crippen LogP contribution in [0.1, 0.15) is 6.92 Å². The number of aromatic nitrogens is 3. The van der Waals surface area contributed by atoms with Gasteiger partial charge in [0.1, 0.15) is 5.82 Å². The van der Waals surface area contributed by atoms with Gasteiger partial charge < -0.3 is 19.2 Å². The predicted octanol–water partition coefficient (Wildman–Crippen LogP) is 3.63. The fourth-order valence-electron chi connectivity index (χ4n) is 2.29. The highest BCUT2D eigenvalue weighted by Crippen LogP contribution is 2.36. The Morgan fingerprint density at radius 3 is 2.89 bits per heavy atom. The number of fused-ring (bicyclic) bond motifs is 1. The van der Waals surface area contributed by atoms with Gasteiger partial charge in [0.15, 0.2) is 11.5 Å². The largest absolute Gasteiger partial charge is 0.454 e. The summed E-state index contributed by atoms with van der Waals surface area (Å²) in [6.07, 6.45) is 1.46. The lowest BCUT2D eigenvalue weighted by atomic mass is 10.2. The number of rotatable bonds is 5. The van der Waals surface area contributed by atoms with Crippen LogP contribution in [-0.2, 0) is 4.79 Å². The molecule has 1 aliphatic heterocycles. The number of anilines is 1. The highest BCUT2D eigenvalue weighted by Gasteiger charge is 2.20. The van der Waals surface area contributed by atoms with Gasteiger partial charge in [-0.3, -0.25) is 4.79 Å². The van der Waals surface area contributed by atoms with Crippen molar-refractivity contribution in [1.82, 2.24) is 15.2 Å². The van der Waals surface area contributed by atoms with Crippen molar-refractivity contribution < 1.29 is 18.7 Å². The molecule has 10 heteroatoms. The molecule has 8 nitrogen and oxygen atoms in total. The molecule has 0 bridgehead atoms. The number of ether oxygens (including phenoxy) is 2. The third-order valence-electron chi connectivity index (χ3n) is 3.65. The SMILES string of the molecule is C[C@@H](Sc1nnc(-c2ccc3c(c2)OCO3)o1)C(=O)Nc1ccc(Cl)cn1. The average molecular weight is 405 g/mol. The minimum Gasteiger partial charge on any atom is -0.454 e. The van der Waals surface area contributed by atoms with Crippen molar-refractivity contribution >= 4 is 35.1 Å². The van der Waals surface area contributed by atoms with Gasteiger partial charge in [0.25, 0.3) is 5.22 Å². The van der Waals surface area contributed by atoms with E-state index in [1.54, 1.807) is 37.3 Å². The molecule has 1 aliphatic rings. The number of hydrogen-bond donors (Lipinski definition) is 1. The predicted molar refractivity (Wildman–Crippen MR) is 99.1 cm³/mol. The molecule has 0 fully saturated rings. The number of hydrogen-bond acceptors (Lipinski definition) is 8. The van der Waals surface area contributed by atoms with Gasteiger partial charge in [-0.2, -0.15) is 0 Å². The van der Waals surface area contributed by atoms with Crippen LogP contribution in [0.5, 0.6) is 11.5 Å². The van der Waals surface area contributed by atoms with Crippen LogP contribution < -0.4 is 14.8 Å². The number of benzene rings is 1. The molecule has 3 heterocycles. The third kappa shape index (κ3) is 3.99. The Balaban J connectivity index is 1.41. The van der Waals surface area contributed by atoms with E-state index in [9.17, 15) is 4.79 Å². The monoisotopic (exact) mass is 404 g/mol. The molecular weight excluding hydrogens is 392 g/mol. The van der Waals surface area contributed by atoms with Gasteiger partial charge in [-0.05, 0) is 37.3 Å². The normalized spacial score (nSPS) is 13.4. The number of carbonyl (C=O) groups is 1. The molecule has 0 radical (unpaired) electrons. The van der Waals surface area contributed by atoms with Crippen LogP contribution in [0.25, 0.3) is 11.5 Å². The summed E-state index contributed by atoms with van der Waals surface area (Å²) in [5, 5.41) is 11.0. The fraction of sp³-hybridized carbons (Fsp3) is 0.176. The van der Waals surface area contributed by atoms with Gasteiger partial charge in [-0.1, -0.05) is 23.4 Å². The number of thioether (sulfide) groups is 1. The van der Waals surface area contributed by atoms with Crippen LogP contribution in [0.4, 0.5) is 5.82 Å². The summed E-state index contributed by atoms with van der Waals surface area (Å²) in [6, 6.07) is 8.63. The first-order valence-electron chi connectivity index (χ1n) is 7.91. The minimum absolute atomic E-state index is 0.193. The van der Waals surface area contributed by atoms with Crippen molar-refractivity contribution in [3.8, 4) is 23.0 Å². The van der Waals surface area contributed by atoms with E-state index in [0.29, 0.717) is 33.8 Å². The Bertz CT molecular complexity index is 979. The second-order valence-electron chi connectivity index (χ2n) is 5.55. The van der Waals surface area contributed by atoms with Gasteiger partial charge in [0.2, 0.25) is 18.6 Å². The first-order chi connectivity index (χ1) is 13.1. The van der Waals surface area contributed by atoms with Crippen LogP contribution in [0, 0.1) is 0 Å². The second kappa shape index (κ2) is 7.45. The zero-order valence-corrected chi connectivity index (χ0v) is 15.6. The Morgan fingerprint density at radius 1 is 1.22 bits per heavy atom. The smallest absolute Gasteiger partial charge is 0.277 e. The number of carbonyl (C=O) groups excluding carboxylic acids is 1. The summed E-state index contributed by atoms with van der Waals surface area (Å²) in [4.78, 5) is 16.3. The van der Waals surface area contributed by atoms with E-state index in [4.69, 9.17) is 25.5 Å². The van der Waals surface area contributed by atoms with Gasteiger partial charge >= 0.3 is 0 Å². The van der Waals surface area contributed by atoms with E-state index >= 15 is 0 Å². The van der Waals surface area contributed by atoms with Crippen molar-refractivity contribution in [3.63, 3.8) is 0 Å². The molecule has 2 aromatic heterocycles. The minimum atomic E-state index is -0.465. The first kappa shape index (κ1) is 17.6. The number of halogens is 1. The molecule has 1 aromatic carbocycles. The van der Waals surface area contributed by atoms with E-state index in [-0.39, 0.29) is 17.9 Å². The molecule has 138 valence electrons. The van der Waals surface area contributed by atoms with Gasteiger partial charge in [-0.15, -0.1) is 10.2 Å². The maximum absolute atomic E-state index is 12.3.